The van der Waals surface area contributed by atoms with Gasteiger partial charge in [-0.05, 0) is 52.3 Å². The molecule has 0 bridgehead atoms. The maximum Gasteiger partial charge on any atom is 0.0568 e. The van der Waals surface area contributed by atoms with Crippen molar-refractivity contribution in [1.29, 1.82) is 0 Å². The number of rotatable bonds is 2. The molecule has 0 saturated carbocycles. The van der Waals surface area contributed by atoms with E-state index in [-0.39, 0.29) is 0 Å². The molecular formula is C12H11Br2N3. The van der Waals surface area contributed by atoms with Gasteiger partial charge in [-0.3, -0.25) is 0 Å². The lowest BCUT2D eigenvalue weighted by Gasteiger charge is -2.10. The van der Waals surface area contributed by atoms with Crippen molar-refractivity contribution < 1.29 is 0 Å². The quantitative estimate of drug-likeness (QED) is 0.709. The molecule has 2 aromatic carbocycles. The fraction of sp³-hybridized carbons (Fsp3) is 0. The molecule has 17 heavy (non-hydrogen) atoms. The molecule has 0 unspecified atom stereocenters. The number of benzene rings is 2. The summed E-state index contributed by atoms with van der Waals surface area (Å²) in [6, 6.07) is 11.4. The van der Waals surface area contributed by atoms with Gasteiger partial charge in [0, 0.05) is 14.6 Å². The van der Waals surface area contributed by atoms with E-state index in [0.717, 1.165) is 20.3 Å². The lowest BCUT2D eigenvalue weighted by molar-refractivity contribution is 1.51. The number of hydrogen-bond donors (Lipinski definition) is 3. The van der Waals surface area contributed by atoms with E-state index in [0.29, 0.717) is 11.4 Å². The lowest BCUT2D eigenvalue weighted by atomic mass is 10.2. The van der Waals surface area contributed by atoms with E-state index in [9.17, 15) is 0 Å². The first-order valence-electron chi connectivity index (χ1n) is 4.93. The number of hydrogen-bond acceptors (Lipinski definition) is 3. The molecule has 5 N–H and O–H groups in total. The number of nitrogen functional groups attached to an aromatic ring is 2. The molecular weight excluding hydrogens is 346 g/mol. The standard InChI is InChI=1S/C12H11Br2N3/c13-7-1-3-9(14)12(5-7)17-8-2-4-10(15)11(16)6-8/h1-6,17H,15-16H2. The summed E-state index contributed by atoms with van der Waals surface area (Å²) in [6.07, 6.45) is 0. The van der Waals surface area contributed by atoms with Crippen LogP contribution in [-0.4, -0.2) is 0 Å². The van der Waals surface area contributed by atoms with Crippen molar-refractivity contribution in [3.8, 4) is 0 Å². The number of halogens is 2. The Morgan fingerprint density at radius 2 is 1.65 bits per heavy atom. The van der Waals surface area contributed by atoms with Gasteiger partial charge in [0.25, 0.3) is 0 Å². The Morgan fingerprint density at radius 1 is 0.882 bits per heavy atom. The van der Waals surface area contributed by atoms with E-state index in [1.165, 1.54) is 0 Å². The van der Waals surface area contributed by atoms with Crippen LogP contribution in [0.5, 0.6) is 0 Å². The van der Waals surface area contributed by atoms with Gasteiger partial charge in [0.05, 0.1) is 17.1 Å². The first kappa shape index (κ1) is 12.3. The molecule has 0 aliphatic carbocycles. The van der Waals surface area contributed by atoms with Gasteiger partial charge in [0.1, 0.15) is 0 Å². The largest absolute Gasteiger partial charge is 0.397 e. The summed E-state index contributed by atoms with van der Waals surface area (Å²) >= 11 is 6.91. The maximum absolute atomic E-state index is 5.76. The van der Waals surface area contributed by atoms with Gasteiger partial charge >= 0.3 is 0 Å². The third-order valence-electron chi connectivity index (χ3n) is 2.29. The van der Waals surface area contributed by atoms with Gasteiger partial charge in [-0.25, -0.2) is 0 Å². The summed E-state index contributed by atoms with van der Waals surface area (Å²) in [5.74, 6) is 0. The Hall–Kier alpha value is -1.20. The van der Waals surface area contributed by atoms with Crippen LogP contribution >= 0.6 is 31.9 Å². The van der Waals surface area contributed by atoms with Gasteiger partial charge in [0.15, 0.2) is 0 Å². The monoisotopic (exact) mass is 355 g/mol. The Labute approximate surface area is 116 Å². The second-order valence-electron chi connectivity index (χ2n) is 3.59. The van der Waals surface area contributed by atoms with Gasteiger partial charge in [-0.2, -0.15) is 0 Å². The maximum atomic E-state index is 5.76. The molecule has 88 valence electrons. The Morgan fingerprint density at radius 3 is 2.35 bits per heavy atom. The van der Waals surface area contributed by atoms with Gasteiger partial charge in [-0.1, -0.05) is 15.9 Å². The van der Waals surface area contributed by atoms with E-state index >= 15 is 0 Å². The third kappa shape index (κ3) is 2.92. The van der Waals surface area contributed by atoms with Crippen molar-refractivity contribution in [3.63, 3.8) is 0 Å². The second-order valence-corrected chi connectivity index (χ2v) is 5.36. The predicted octanol–water partition coefficient (Wildman–Crippen LogP) is 4.12. The van der Waals surface area contributed by atoms with Crippen molar-refractivity contribution in [2.45, 2.75) is 0 Å². The first-order valence-corrected chi connectivity index (χ1v) is 6.52. The van der Waals surface area contributed by atoms with E-state index in [2.05, 4.69) is 37.2 Å². The number of anilines is 4. The fourth-order valence-corrected chi connectivity index (χ4v) is 2.11. The minimum Gasteiger partial charge on any atom is -0.397 e. The van der Waals surface area contributed by atoms with Crippen molar-refractivity contribution in [3.05, 3.63) is 45.3 Å². The number of nitrogens with one attached hydrogen (secondary N) is 1. The average molecular weight is 357 g/mol. The van der Waals surface area contributed by atoms with Crippen LogP contribution in [0.1, 0.15) is 0 Å². The molecule has 0 aromatic heterocycles. The highest BCUT2D eigenvalue weighted by Crippen LogP contribution is 2.30. The Kier molecular flexibility index (Phi) is 3.59. The zero-order valence-corrected chi connectivity index (χ0v) is 12.0. The van der Waals surface area contributed by atoms with Crippen molar-refractivity contribution in [1.82, 2.24) is 0 Å². The summed E-state index contributed by atoms with van der Waals surface area (Å²) in [6.45, 7) is 0. The lowest BCUT2D eigenvalue weighted by Crippen LogP contribution is -1.97. The smallest absolute Gasteiger partial charge is 0.0568 e. The van der Waals surface area contributed by atoms with Crippen LogP contribution in [0.3, 0.4) is 0 Å². The molecule has 0 amide bonds. The molecule has 0 aliphatic heterocycles. The van der Waals surface area contributed by atoms with E-state index in [1.54, 1.807) is 6.07 Å². The van der Waals surface area contributed by atoms with Crippen LogP contribution in [0.25, 0.3) is 0 Å². The van der Waals surface area contributed by atoms with Crippen LogP contribution < -0.4 is 16.8 Å². The number of nitrogens with two attached hydrogens (primary N) is 2. The first-order chi connectivity index (χ1) is 8.06. The molecule has 0 atom stereocenters. The van der Waals surface area contributed by atoms with Crippen LogP contribution in [0, 0.1) is 0 Å². The van der Waals surface area contributed by atoms with Crippen molar-refractivity contribution in [2.24, 2.45) is 0 Å². The molecule has 0 saturated heterocycles. The topological polar surface area (TPSA) is 64.1 Å². The molecule has 3 nitrogen and oxygen atoms in total. The fourth-order valence-electron chi connectivity index (χ4n) is 1.40. The molecule has 0 aliphatic rings. The molecule has 2 aromatic rings. The summed E-state index contributed by atoms with van der Waals surface area (Å²) in [5, 5.41) is 3.27. The van der Waals surface area contributed by atoms with E-state index in [1.807, 2.05) is 30.3 Å². The molecule has 0 spiro atoms. The van der Waals surface area contributed by atoms with Crippen LogP contribution in [0.15, 0.2) is 45.3 Å². The summed E-state index contributed by atoms with van der Waals surface area (Å²) in [5.41, 5.74) is 14.4. The molecule has 0 fully saturated rings. The Bertz CT molecular complexity index is 555. The zero-order chi connectivity index (χ0) is 12.4. The van der Waals surface area contributed by atoms with Gasteiger partial charge < -0.3 is 16.8 Å². The van der Waals surface area contributed by atoms with Gasteiger partial charge in [-0.15, -0.1) is 0 Å². The normalized spacial score (nSPS) is 10.2. The summed E-state index contributed by atoms with van der Waals surface area (Å²) < 4.78 is 1.99. The molecule has 0 radical (unpaired) electrons. The second kappa shape index (κ2) is 4.98. The van der Waals surface area contributed by atoms with Gasteiger partial charge in [0.2, 0.25) is 0 Å². The van der Waals surface area contributed by atoms with Crippen molar-refractivity contribution >= 4 is 54.6 Å². The van der Waals surface area contributed by atoms with E-state index < -0.39 is 0 Å². The SMILES string of the molecule is Nc1ccc(Nc2cc(Br)ccc2Br)cc1N. The van der Waals surface area contributed by atoms with Crippen LogP contribution in [0.2, 0.25) is 0 Å². The highest BCUT2D eigenvalue weighted by atomic mass is 79.9. The zero-order valence-electron chi connectivity index (χ0n) is 8.87. The summed E-state index contributed by atoms with van der Waals surface area (Å²) in [4.78, 5) is 0. The Balaban J connectivity index is 2.31. The minimum atomic E-state index is 0.570. The van der Waals surface area contributed by atoms with Crippen LogP contribution in [-0.2, 0) is 0 Å². The molecule has 2 rings (SSSR count). The molecule has 0 heterocycles. The highest BCUT2D eigenvalue weighted by molar-refractivity contribution is 9.11. The average Bonchev–Trinajstić information content (AvgIpc) is 2.29. The highest BCUT2D eigenvalue weighted by Gasteiger charge is 2.02. The third-order valence-corrected chi connectivity index (χ3v) is 3.48. The predicted molar refractivity (Wildman–Crippen MR) is 80.4 cm³/mol. The van der Waals surface area contributed by atoms with Crippen molar-refractivity contribution in [2.75, 3.05) is 16.8 Å². The van der Waals surface area contributed by atoms with E-state index in [4.69, 9.17) is 11.5 Å². The summed E-state index contributed by atoms with van der Waals surface area (Å²) in [7, 11) is 0. The molecule has 5 heteroatoms. The minimum absolute atomic E-state index is 0.570. The van der Waals surface area contributed by atoms with Crippen LogP contribution in [0.4, 0.5) is 22.7 Å².